The van der Waals surface area contributed by atoms with Crippen LogP contribution in [0.1, 0.15) is 48.1 Å². The molecule has 1 amide bonds. The van der Waals surface area contributed by atoms with Crippen molar-refractivity contribution < 1.29 is 9.53 Å². The Labute approximate surface area is 124 Å². The number of fused-ring (bicyclic) bond motifs is 1. The van der Waals surface area contributed by atoms with Crippen LogP contribution in [0.15, 0.2) is 5.38 Å². The number of carbonyl (C=O) groups is 1. The third-order valence-corrected chi connectivity index (χ3v) is 5.94. The van der Waals surface area contributed by atoms with E-state index in [2.05, 4.69) is 10.7 Å². The largest absolute Gasteiger partial charge is 0.384 e. The van der Waals surface area contributed by atoms with Gasteiger partial charge in [-0.3, -0.25) is 4.79 Å². The number of hydrogen-bond donors (Lipinski definition) is 1. The van der Waals surface area contributed by atoms with Crippen molar-refractivity contribution in [3.05, 3.63) is 21.4 Å². The van der Waals surface area contributed by atoms with Gasteiger partial charge in [-0.1, -0.05) is 6.42 Å². The number of ether oxygens (including phenoxy) is 1. The van der Waals surface area contributed by atoms with Crippen LogP contribution in [-0.4, -0.2) is 19.6 Å². The van der Waals surface area contributed by atoms with Gasteiger partial charge < -0.3 is 10.1 Å². The predicted octanol–water partition coefficient (Wildman–Crippen LogP) is 3.06. The lowest BCUT2D eigenvalue weighted by atomic mass is 9.68. The number of rotatable bonds is 5. The fraction of sp³-hybridized carbons (Fsp3) is 0.688. The van der Waals surface area contributed by atoms with Gasteiger partial charge >= 0.3 is 0 Å². The zero-order chi connectivity index (χ0) is 14.0. The van der Waals surface area contributed by atoms with E-state index in [-0.39, 0.29) is 11.3 Å². The molecule has 1 fully saturated rings. The Hall–Kier alpha value is -0.870. The van der Waals surface area contributed by atoms with Crippen molar-refractivity contribution in [1.29, 1.82) is 0 Å². The number of hydrogen-bond acceptors (Lipinski definition) is 3. The summed E-state index contributed by atoms with van der Waals surface area (Å²) in [6.45, 7) is 1.25. The van der Waals surface area contributed by atoms with Gasteiger partial charge in [-0.15, -0.1) is 11.3 Å². The number of methoxy groups -OCH3 is 1. The molecule has 4 heteroatoms. The molecule has 2 aliphatic carbocycles. The summed E-state index contributed by atoms with van der Waals surface area (Å²) >= 11 is 1.87. The van der Waals surface area contributed by atoms with E-state index < -0.39 is 0 Å². The van der Waals surface area contributed by atoms with Gasteiger partial charge in [-0.05, 0) is 55.0 Å². The number of thiophene rings is 1. The average molecular weight is 293 g/mol. The number of carbonyl (C=O) groups excluding carboxylic acids is 1. The Morgan fingerprint density at radius 2 is 2.15 bits per heavy atom. The van der Waals surface area contributed by atoms with E-state index in [0.29, 0.717) is 13.2 Å². The van der Waals surface area contributed by atoms with Crippen LogP contribution >= 0.6 is 11.3 Å². The molecule has 20 heavy (non-hydrogen) atoms. The van der Waals surface area contributed by atoms with Crippen molar-refractivity contribution in [2.24, 2.45) is 5.41 Å². The van der Waals surface area contributed by atoms with Crippen molar-refractivity contribution in [2.75, 3.05) is 13.7 Å². The van der Waals surface area contributed by atoms with Crippen LogP contribution in [0.3, 0.4) is 0 Å². The molecule has 0 spiro atoms. The Bertz CT molecular complexity index is 491. The smallest absolute Gasteiger partial charge is 0.228 e. The zero-order valence-corrected chi connectivity index (χ0v) is 13.0. The van der Waals surface area contributed by atoms with E-state index in [1.54, 1.807) is 7.11 Å². The lowest BCUT2D eigenvalue weighted by molar-refractivity contribution is -0.140. The first kappa shape index (κ1) is 14.1. The molecule has 2 aliphatic rings. The maximum absolute atomic E-state index is 12.4. The van der Waals surface area contributed by atoms with Crippen LogP contribution in [0.5, 0.6) is 0 Å². The van der Waals surface area contributed by atoms with Gasteiger partial charge in [0.15, 0.2) is 0 Å². The Morgan fingerprint density at radius 3 is 2.85 bits per heavy atom. The van der Waals surface area contributed by atoms with Gasteiger partial charge in [0.1, 0.15) is 0 Å². The summed E-state index contributed by atoms with van der Waals surface area (Å²) in [7, 11) is 1.68. The standard InChI is InChI=1S/C16H23NO2S/c1-19-11-16(7-4-8-16)15(18)17-9-12-10-20-14-6-3-2-5-13(12)14/h10H,2-9,11H2,1H3,(H,17,18). The first-order chi connectivity index (χ1) is 9.75. The fourth-order valence-corrected chi connectivity index (χ4v) is 4.54. The molecule has 1 N–H and O–H groups in total. The van der Waals surface area contributed by atoms with Crippen LogP contribution in [0.2, 0.25) is 0 Å². The fourth-order valence-electron chi connectivity index (χ4n) is 3.39. The summed E-state index contributed by atoms with van der Waals surface area (Å²) in [6, 6.07) is 0. The Kier molecular flexibility index (Phi) is 4.13. The van der Waals surface area contributed by atoms with Crippen molar-refractivity contribution in [3.8, 4) is 0 Å². The summed E-state index contributed by atoms with van der Waals surface area (Å²) in [4.78, 5) is 14.0. The minimum atomic E-state index is -0.245. The second-order valence-electron chi connectivity index (χ2n) is 6.12. The molecule has 1 aromatic rings. The van der Waals surface area contributed by atoms with Crippen molar-refractivity contribution in [2.45, 2.75) is 51.5 Å². The van der Waals surface area contributed by atoms with Gasteiger partial charge in [0.2, 0.25) is 5.91 Å². The van der Waals surface area contributed by atoms with E-state index in [1.165, 1.54) is 41.7 Å². The van der Waals surface area contributed by atoms with Crippen molar-refractivity contribution in [3.63, 3.8) is 0 Å². The summed E-state index contributed by atoms with van der Waals surface area (Å²) in [5.41, 5.74) is 2.60. The highest BCUT2D eigenvalue weighted by Gasteiger charge is 2.44. The molecular weight excluding hydrogens is 270 g/mol. The van der Waals surface area contributed by atoms with Gasteiger partial charge in [0, 0.05) is 18.5 Å². The molecule has 0 saturated heterocycles. The Morgan fingerprint density at radius 1 is 1.35 bits per heavy atom. The number of nitrogens with one attached hydrogen (secondary N) is 1. The lowest BCUT2D eigenvalue weighted by Gasteiger charge is -2.39. The number of amides is 1. The maximum Gasteiger partial charge on any atom is 0.228 e. The van der Waals surface area contributed by atoms with E-state index in [0.717, 1.165) is 19.3 Å². The molecule has 1 saturated carbocycles. The third-order valence-electron chi connectivity index (χ3n) is 4.80. The van der Waals surface area contributed by atoms with Gasteiger partial charge in [-0.25, -0.2) is 0 Å². The first-order valence-corrected chi connectivity index (χ1v) is 8.48. The van der Waals surface area contributed by atoms with Crippen LogP contribution in [0.25, 0.3) is 0 Å². The molecule has 0 atom stereocenters. The van der Waals surface area contributed by atoms with E-state index in [4.69, 9.17) is 4.74 Å². The molecule has 1 heterocycles. The summed E-state index contributed by atoms with van der Waals surface area (Å²) in [5.74, 6) is 0.182. The molecule has 110 valence electrons. The van der Waals surface area contributed by atoms with Gasteiger partial charge in [-0.2, -0.15) is 0 Å². The highest BCUT2D eigenvalue weighted by atomic mass is 32.1. The molecule has 0 bridgehead atoms. The molecule has 0 unspecified atom stereocenters. The van der Waals surface area contributed by atoms with Crippen molar-refractivity contribution in [1.82, 2.24) is 5.32 Å². The predicted molar refractivity (Wildman–Crippen MR) is 81.0 cm³/mol. The first-order valence-electron chi connectivity index (χ1n) is 7.60. The zero-order valence-electron chi connectivity index (χ0n) is 12.2. The monoisotopic (exact) mass is 293 g/mol. The molecule has 0 radical (unpaired) electrons. The lowest BCUT2D eigenvalue weighted by Crippen LogP contribution is -2.48. The van der Waals surface area contributed by atoms with Gasteiger partial charge in [0.25, 0.3) is 0 Å². The van der Waals surface area contributed by atoms with Crippen LogP contribution in [-0.2, 0) is 28.9 Å². The average Bonchev–Trinajstić information content (AvgIpc) is 2.83. The molecule has 3 nitrogen and oxygen atoms in total. The van der Waals surface area contributed by atoms with Crippen molar-refractivity contribution >= 4 is 17.2 Å². The van der Waals surface area contributed by atoms with E-state index in [9.17, 15) is 4.79 Å². The van der Waals surface area contributed by atoms with Crippen LogP contribution in [0.4, 0.5) is 0 Å². The van der Waals surface area contributed by atoms with Crippen LogP contribution in [0, 0.1) is 5.41 Å². The molecule has 1 aromatic heterocycles. The van der Waals surface area contributed by atoms with E-state index in [1.807, 2.05) is 11.3 Å². The molecule has 0 aliphatic heterocycles. The summed E-state index contributed by atoms with van der Waals surface area (Å²) < 4.78 is 5.24. The normalized spacial score (nSPS) is 20.1. The molecule has 0 aromatic carbocycles. The summed E-state index contributed by atoms with van der Waals surface area (Å²) in [5, 5.41) is 5.39. The molecule has 3 rings (SSSR count). The summed E-state index contributed by atoms with van der Waals surface area (Å²) in [6.07, 6.45) is 8.09. The SMILES string of the molecule is COCC1(C(=O)NCc2csc3c2CCCC3)CCC1. The minimum absolute atomic E-state index is 0.182. The maximum atomic E-state index is 12.4. The number of aryl methyl sites for hydroxylation is 1. The molecular formula is C16H23NO2S. The van der Waals surface area contributed by atoms with Crippen LogP contribution < -0.4 is 5.32 Å². The van der Waals surface area contributed by atoms with E-state index >= 15 is 0 Å². The third kappa shape index (κ3) is 2.51. The highest BCUT2D eigenvalue weighted by molar-refractivity contribution is 7.10. The van der Waals surface area contributed by atoms with Gasteiger partial charge in [0.05, 0.1) is 12.0 Å². The minimum Gasteiger partial charge on any atom is -0.384 e. The Balaban J connectivity index is 1.62. The topological polar surface area (TPSA) is 38.3 Å². The second-order valence-corrected chi connectivity index (χ2v) is 7.08. The highest BCUT2D eigenvalue weighted by Crippen LogP contribution is 2.41. The second kappa shape index (κ2) is 5.86. The quantitative estimate of drug-likeness (QED) is 0.906.